The fraction of sp³-hybridized carbons (Fsp3) is 0.333. The van der Waals surface area contributed by atoms with Gasteiger partial charge in [0, 0.05) is 49.1 Å². The minimum Gasteiger partial charge on any atom is -0.381 e. The van der Waals surface area contributed by atoms with E-state index >= 15 is 0 Å². The molecule has 0 aliphatic carbocycles. The van der Waals surface area contributed by atoms with E-state index in [1.807, 2.05) is 36.8 Å². The molecule has 1 amide bonds. The van der Waals surface area contributed by atoms with Crippen LogP contribution in [0.4, 0.5) is 16.0 Å². The topological polar surface area (TPSA) is 96.7 Å². The molecule has 2 N–H and O–H groups in total. The van der Waals surface area contributed by atoms with Crippen LogP contribution in [0.15, 0.2) is 42.9 Å². The average molecular weight is 502 g/mol. The number of carbonyl (C=O) groups is 1. The molecule has 2 aliphatic rings. The second kappa shape index (κ2) is 9.20. The van der Waals surface area contributed by atoms with Crippen LogP contribution in [-0.2, 0) is 11.3 Å². The summed E-state index contributed by atoms with van der Waals surface area (Å²) in [6, 6.07) is 6.66. The van der Waals surface area contributed by atoms with Gasteiger partial charge in [0.1, 0.15) is 11.5 Å². The maximum atomic E-state index is 13.7. The van der Waals surface area contributed by atoms with Crippen molar-refractivity contribution in [2.45, 2.75) is 31.8 Å². The van der Waals surface area contributed by atoms with Crippen LogP contribution < -0.4 is 10.6 Å². The number of pyridine rings is 1. The highest BCUT2D eigenvalue weighted by atomic mass is 19.1. The van der Waals surface area contributed by atoms with E-state index in [0.29, 0.717) is 36.0 Å². The Morgan fingerprint density at radius 2 is 2.11 bits per heavy atom. The summed E-state index contributed by atoms with van der Waals surface area (Å²) in [4.78, 5) is 28.9. The lowest BCUT2D eigenvalue weighted by molar-refractivity contribution is 0.0966. The summed E-state index contributed by atoms with van der Waals surface area (Å²) in [6.07, 6.45) is 6.18. The zero-order chi connectivity index (χ0) is 25.7. The Balaban J connectivity index is 1.39. The number of amides is 1. The molecule has 190 valence electrons. The predicted octanol–water partition coefficient (Wildman–Crippen LogP) is 4.04. The van der Waals surface area contributed by atoms with Crippen molar-refractivity contribution in [1.29, 1.82) is 0 Å². The molecule has 6 rings (SSSR count). The van der Waals surface area contributed by atoms with Gasteiger partial charge in [-0.1, -0.05) is 6.07 Å². The van der Waals surface area contributed by atoms with Gasteiger partial charge in [-0.15, -0.1) is 0 Å². The molecule has 0 saturated carbocycles. The number of ether oxygens (including phenoxy) is 1. The third-order valence-electron chi connectivity index (χ3n) is 7.35. The van der Waals surface area contributed by atoms with Gasteiger partial charge in [0.05, 0.1) is 35.4 Å². The van der Waals surface area contributed by atoms with E-state index in [2.05, 4.69) is 32.4 Å². The summed E-state index contributed by atoms with van der Waals surface area (Å²) in [5.41, 5.74) is 6.24. The predicted molar refractivity (Wildman–Crippen MR) is 137 cm³/mol. The Morgan fingerprint density at radius 3 is 2.89 bits per heavy atom. The van der Waals surface area contributed by atoms with Crippen molar-refractivity contribution >= 4 is 23.2 Å². The van der Waals surface area contributed by atoms with Crippen molar-refractivity contribution in [2.24, 2.45) is 0 Å². The quantitative estimate of drug-likeness (QED) is 0.412. The Kier molecular flexibility index (Phi) is 5.85. The van der Waals surface area contributed by atoms with Gasteiger partial charge in [-0.3, -0.25) is 9.20 Å². The number of benzene rings is 1. The van der Waals surface area contributed by atoms with E-state index in [9.17, 15) is 9.18 Å². The summed E-state index contributed by atoms with van der Waals surface area (Å²) >= 11 is 0. The number of aromatic nitrogens is 4. The van der Waals surface area contributed by atoms with Crippen LogP contribution in [0.25, 0.3) is 16.9 Å². The summed E-state index contributed by atoms with van der Waals surface area (Å²) < 4.78 is 21.1. The summed E-state index contributed by atoms with van der Waals surface area (Å²) in [6.45, 7) is 3.93. The van der Waals surface area contributed by atoms with Crippen LogP contribution in [0.5, 0.6) is 0 Å². The van der Waals surface area contributed by atoms with Crippen molar-refractivity contribution in [3.63, 3.8) is 0 Å². The molecule has 4 aromatic rings. The van der Waals surface area contributed by atoms with Gasteiger partial charge in [0.15, 0.2) is 0 Å². The molecule has 9 nitrogen and oxygen atoms in total. The van der Waals surface area contributed by atoms with Crippen LogP contribution >= 0.6 is 0 Å². The van der Waals surface area contributed by atoms with E-state index in [0.717, 1.165) is 41.1 Å². The van der Waals surface area contributed by atoms with E-state index in [4.69, 9.17) is 9.72 Å². The van der Waals surface area contributed by atoms with Crippen LogP contribution in [0.1, 0.15) is 52.5 Å². The van der Waals surface area contributed by atoms with Gasteiger partial charge in [-0.25, -0.2) is 19.3 Å². The number of hydrogen-bond acceptors (Lipinski definition) is 7. The molecule has 0 radical (unpaired) electrons. The molecule has 1 fully saturated rings. The SMILES string of the molecule is C[C@@H](c1nc(Nc2ccc(-c3cnc4cc(F)ccn34)c3c2C(=O)NC3)ncc1[C@H]1CCOC1)N(C)C. The van der Waals surface area contributed by atoms with Gasteiger partial charge in [-0.05, 0) is 50.7 Å². The van der Waals surface area contributed by atoms with Gasteiger partial charge in [-0.2, -0.15) is 0 Å². The lowest BCUT2D eigenvalue weighted by Gasteiger charge is -2.24. The Bertz CT molecular complexity index is 1510. The van der Waals surface area contributed by atoms with Crippen molar-refractivity contribution < 1.29 is 13.9 Å². The van der Waals surface area contributed by atoms with Gasteiger partial charge in [0.25, 0.3) is 5.91 Å². The first-order valence-corrected chi connectivity index (χ1v) is 12.4. The number of hydrogen-bond donors (Lipinski definition) is 2. The highest BCUT2D eigenvalue weighted by Crippen LogP contribution is 2.36. The van der Waals surface area contributed by atoms with Crippen molar-refractivity contribution in [2.75, 3.05) is 32.6 Å². The van der Waals surface area contributed by atoms with E-state index in [-0.39, 0.29) is 23.7 Å². The molecule has 1 saturated heterocycles. The van der Waals surface area contributed by atoms with Gasteiger partial charge in [0.2, 0.25) is 5.95 Å². The summed E-state index contributed by atoms with van der Waals surface area (Å²) in [5.74, 6) is 0.201. The third kappa shape index (κ3) is 4.11. The van der Waals surface area contributed by atoms with Crippen LogP contribution in [0, 0.1) is 5.82 Å². The highest BCUT2D eigenvalue weighted by Gasteiger charge is 2.29. The number of nitrogens with one attached hydrogen (secondary N) is 2. The molecular formula is C27H28FN7O2. The van der Waals surface area contributed by atoms with Crippen LogP contribution in [0.3, 0.4) is 0 Å². The molecule has 10 heteroatoms. The first-order valence-electron chi connectivity index (χ1n) is 12.4. The molecule has 2 atom stereocenters. The second-order valence-electron chi connectivity index (χ2n) is 9.77. The zero-order valence-electron chi connectivity index (χ0n) is 21.0. The number of carbonyl (C=O) groups excluding carboxylic acids is 1. The fourth-order valence-corrected chi connectivity index (χ4v) is 5.11. The summed E-state index contributed by atoms with van der Waals surface area (Å²) in [7, 11) is 4.05. The van der Waals surface area contributed by atoms with E-state index in [1.54, 1.807) is 12.4 Å². The Labute approximate surface area is 213 Å². The maximum absolute atomic E-state index is 13.7. The monoisotopic (exact) mass is 501 g/mol. The first-order chi connectivity index (χ1) is 17.9. The minimum atomic E-state index is -0.347. The van der Waals surface area contributed by atoms with Gasteiger partial charge >= 0.3 is 0 Å². The number of rotatable bonds is 6. The molecule has 0 bridgehead atoms. The second-order valence-corrected chi connectivity index (χ2v) is 9.77. The minimum absolute atomic E-state index is 0.0792. The molecule has 3 aromatic heterocycles. The number of anilines is 2. The van der Waals surface area contributed by atoms with Crippen molar-refractivity contribution in [1.82, 2.24) is 29.6 Å². The first kappa shape index (κ1) is 23.5. The smallest absolute Gasteiger partial charge is 0.254 e. The number of halogens is 1. The fourth-order valence-electron chi connectivity index (χ4n) is 5.11. The van der Waals surface area contributed by atoms with Crippen molar-refractivity contribution in [3.05, 3.63) is 71.1 Å². The lowest BCUT2D eigenvalue weighted by atomic mass is 9.95. The largest absolute Gasteiger partial charge is 0.381 e. The third-order valence-corrected chi connectivity index (χ3v) is 7.35. The standard InChI is InChI=1S/C27H28FN7O2/c1-15(34(2)3)25-19(16-7-9-37-14-16)11-31-27(33-25)32-21-5-4-18(20-12-30-26(36)24(20)21)22-13-29-23-10-17(28)6-8-35(22)23/h4-6,8,10-11,13,15-16H,7,9,12,14H2,1-3H3,(H,30,36)(H,31,32,33)/t15-,16-/m0/s1. The normalized spacial score (nSPS) is 17.9. The Morgan fingerprint density at radius 1 is 1.24 bits per heavy atom. The van der Waals surface area contributed by atoms with Crippen LogP contribution in [-0.4, -0.2) is 57.5 Å². The van der Waals surface area contributed by atoms with Crippen LogP contribution in [0.2, 0.25) is 0 Å². The zero-order valence-corrected chi connectivity index (χ0v) is 21.0. The molecular weight excluding hydrogens is 473 g/mol. The van der Waals surface area contributed by atoms with Gasteiger partial charge < -0.3 is 20.3 Å². The number of imidazole rings is 1. The Hall–Kier alpha value is -3.89. The maximum Gasteiger partial charge on any atom is 0.254 e. The molecule has 37 heavy (non-hydrogen) atoms. The summed E-state index contributed by atoms with van der Waals surface area (Å²) in [5, 5.41) is 6.23. The van der Waals surface area contributed by atoms with E-state index in [1.165, 1.54) is 12.1 Å². The highest BCUT2D eigenvalue weighted by molar-refractivity contribution is 6.06. The molecule has 0 unspecified atom stereocenters. The molecule has 2 aliphatic heterocycles. The molecule has 5 heterocycles. The average Bonchev–Trinajstić information content (AvgIpc) is 3.64. The number of nitrogens with zero attached hydrogens (tertiary/aromatic N) is 5. The van der Waals surface area contributed by atoms with E-state index < -0.39 is 0 Å². The molecule has 1 aromatic carbocycles. The number of fused-ring (bicyclic) bond motifs is 2. The molecule has 0 spiro atoms. The lowest BCUT2D eigenvalue weighted by Crippen LogP contribution is -2.21. The van der Waals surface area contributed by atoms with Crippen molar-refractivity contribution in [3.8, 4) is 11.3 Å².